The van der Waals surface area contributed by atoms with E-state index in [0.29, 0.717) is 13.1 Å². The highest BCUT2D eigenvalue weighted by Gasteiger charge is 2.18. The van der Waals surface area contributed by atoms with Crippen molar-refractivity contribution < 1.29 is 14.0 Å². The van der Waals surface area contributed by atoms with E-state index in [2.05, 4.69) is 16.7 Å². The molecule has 0 spiro atoms. The molecule has 1 N–H and O–H groups in total. The van der Waals surface area contributed by atoms with E-state index in [1.807, 2.05) is 89.6 Å². The first-order chi connectivity index (χ1) is 16.8. The summed E-state index contributed by atoms with van der Waals surface area (Å²) in [7, 11) is 0. The summed E-state index contributed by atoms with van der Waals surface area (Å²) in [6, 6.07) is 27.9. The summed E-state index contributed by atoms with van der Waals surface area (Å²) in [5.74, 6) is 2.25. The Labute approximate surface area is 196 Å². The monoisotopic (exact) mass is 450 g/mol. The Morgan fingerprint density at radius 2 is 1.59 bits per heavy atom. The number of nitrogens with one attached hydrogen (secondary N) is 1. The van der Waals surface area contributed by atoms with Gasteiger partial charge in [0.25, 0.3) is 0 Å². The number of ether oxygens (including phenoxy) is 2. The maximum absolute atomic E-state index is 5.58. The van der Waals surface area contributed by atoms with Crippen molar-refractivity contribution in [1.29, 1.82) is 0 Å². The molecule has 0 radical (unpaired) electrons. The highest BCUT2D eigenvalue weighted by molar-refractivity contribution is 5.67. The largest absolute Gasteiger partial charge is 0.454 e. The van der Waals surface area contributed by atoms with Crippen LogP contribution in [0.15, 0.2) is 95.6 Å². The maximum atomic E-state index is 5.58. The third-order valence-corrected chi connectivity index (χ3v) is 5.70. The van der Waals surface area contributed by atoms with Crippen molar-refractivity contribution >= 4 is 0 Å². The van der Waals surface area contributed by atoms with E-state index >= 15 is 0 Å². The number of benzene rings is 3. The Balaban J connectivity index is 1.24. The molecule has 3 heterocycles. The molecule has 0 saturated carbocycles. The molecule has 0 bridgehead atoms. The Morgan fingerprint density at radius 1 is 0.794 bits per heavy atom. The van der Waals surface area contributed by atoms with Crippen LogP contribution in [0.3, 0.4) is 0 Å². The van der Waals surface area contributed by atoms with Crippen LogP contribution in [-0.4, -0.2) is 21.7 Å². The summed E-state index contributed by atoms with van der Waals surface area (Å²) in [6.45, 7) is 1.44. The van der Waals surface area contributed by atoms with Crippen molar-refractivity contribution in [3.05, 3.63) is 102 Å². The topological polar surface area (TPSA) is 74.3 Å². The van der Waals surface area contributed by atoms with Crippen LogP contribution in [0.2, 0.25) is 0 Å². The Morgan fingerprint density at radius 3 is 2.44 bits per heavy atom. The molecule has 2 aromatic heterocycles. The summed E-state index contributed by atoms with van der Waals surface area (Å²) < 4.78 is 18.5. The van der Waals surface area contributed by atoms with Gasteiger partial charge in [0.05, 0.1) is 17.1 Å². The lowest BCUT2D eigenvalue weighted by atomic mass is 10.1. The fourth-order valence-electron chi connectivity index (χ4n) is 4.00. The fourth-order valence-corrected chi connectivity index (χ4v) is 4.00. The average Bonchev–Trinajstić information content (AvgIpc) is 3.64. The van der Waals surface area contributed by atoms with Crippen LogP contribution in [0.25, 0.3) is 28.3 Å². The molecular formula is C27H22N4O3. The molecule has 6 rings (SSSR count). The van der Waals surface area contributed by atoms with E-state index in [1.54, 1.807) is 0 Å². The zero-order valence-corrected chi connectivity index (χ0v) is 18.3. The number of aromatic nitrogens is 3. The first kappa shape index (κ1) is 20.3. The molecule has 0 amide bonds. The van der Waals surface area contributed by atoms with Gasteiger partial charge in [0.2, 0.25) is 6.79 Å². The van der Waals surface area contributed by atoms with Gasteiger partial charge in [-0.15, -0.1) is 0 Å². The highest BCUT2D eigenvalue weighted by Crippen LogP contribution is 2.36. The van der Waals surface area contributed by atoms with Gasteiger partial charge in [-0.05, 0) is 30.3 Å². The summed E-state index contributed by atoms with van der Waals surface area (Å²) in [5, 5.41) is 12.6. The third kappa shape index (κ3) is 4.04. The molecule has 1 aliphatic rings. The van der Waals surface area contributed by atoms with Gasteiger partial charge in [0, 0.05) is 42.0 Å². The van der Waals surface area contributed by atoms with Crippen LogP contribution in [0.5, 0.6) is 11.5 Å². The molecule has 0 saturated heterocycles. The minimum atomic E-state index is 0.244. The van der Waals surface area contributed by atoms with Crippen LogP contribution in [0.1, 0.15) is 11.3 Å². The molecule has 0 fully saturated rings. The highest BCUT2D eigenvalue weighted by atomic mass is 16.7. The lowest BCUT2D eigenvalue weighted by molar-refractivity contribution is 0.174. The zero-order valence-electron chi connectivity index (χ0n) is 18.3. The number of fused-ring (bicyclic) bond motifs is 1. The molecular weight excluding hydrogens is 428 g/mol. The standard InChI is InChI=1S/C27H22N4O3/c1-3-7-19(8-4-1)25-14-22(30-34-25)16-28-15-21-17-31(23-9-5-2-6-10-23)29-27(21)20-11-12-24-26(13-20)33-18-32-24/h1-14,17,28H,15-16,18H2. The molecule has 5 aromatic rings. The molecule has 7 heteroatoms. The van der Waals surface area contributed by atoms with Gasteiger partial charge in [0.15, 0.2) is 17.3 Å². The predicted molar refractivity (Wildman–Crippen MR) is 128 cm³/mol. The Hall–Kier alpha value is -4.36. The van der Waals surface area contributed by atoms with E-state index in [9.17, 15) is 0 Å². The number of rotatable bonds is 7. The smallest absolute Gasteiger partial charge is 0.231 e. The molecule has 168 valence electrons. The van der Waals surface area contributed by atoms with Crippen molar-refractivity contribution in [2.45, 2.75) is 13.1 Å². The first-order valence-corrected chi connectivity index (χ1v) is 11.1. The number of nitrogens with zero attached hydrogens (tertiary/aromatic N) is 3. The molecule has 7 nitrogen and oxygen atoms in total. The van der Waals surface area contributed by atoms with E-state index in [4.69, 9.17) is 19.1 Å². The van der Waals surface area contributed by atoms with Gasteiger partial charge in [-0.1, -0.05) is 53.7 Å². The minimum absolute atomic E-state index is 0.244. The molecule has 34 heavy (non-hydrogen) atoms. The van der Waals surface area contributed by atoms with Gasteiger partial charge in [-0.2, -0.15) is 5.10 Å². The number of hydrogen-bond acceptors (Lipinski definition) is 6. The normalized spacial score (nSPS) is 12.2. The summed E-state index contributed by atoms with van der Waals surface area (Å²) in [4.78, 5) is 0. The van der Waals surface area contributed by atoms with Crippen LogP contribution < -0.4 is 14.8 Å². The summed E-state index contributed by atoms with van der Waals surface area (Å²) in [6.07, 6.45) is 2.06. The Kier molecular flexibility index (Phi) is 5.29. The molecule has 0 unspecified atom stereocenters. The van der Waals surface area contributed by atoms with Crippen LogP contribution in [0, 0.1) is 0 Å². The predicted octanol–water partition coefficient (Wildman–Crippen LogP) is 5.21. The van der Waals surface area contributed by atoms with Gasteiger partial charge >= 0.3 is 0 Å². The zero-order chi connectivity index (χ0) is 22.7. The van der Waals surface area contributed by atoms with Crippen molar-refractivity contribution in [2.75, 3.05) is 6.79 Å². The van der Waals surface area contributed by atoms with Gasteiger partial charge < -0.3 is 19.3 Å². The second kappa shape index (κ2) is 8.88. The van der Waals surface area contributed by atoms with Gasteiger partial charge in [0.1, 0.15) is 0 Å². The van der Waals surface area contributed by atoms with Crippen molar-refractivity contribution in [3.63, 3.8) is 0 Å². The molecule has 0 atom stereocenters. The van der Waals surface area contributed by atoms with E-state index < -0.39 is 0 Å². The van der Waals surface area contributed by atoms with E-state index in [0.717, 1.165) is 51.0 Å². The van der Waals surface area contributed by atoms with Crippen molar-refractivity contribution in [2.24, 2.45) is 0 Å². The Bertz CT molecular complexity index is 1410. The quantitative estimate of drug-likeness (QED) is 0.367. The molecule has 1 aliphatic heterocycles. The van der Waals surface area contributed by atoms with E-state index in [1.165, 1.54) is 0 Å². The van der Waals surface area contributed by atoms with E-state index in [-0.39, 0.29) is 6.79 Å². The van der Waals surface area contributed by atoms with Gasteiger partial charge in [-0.3, -0.25) is 0 Å². The van der Waals surface area contributed by atoms with Crippen LogP contribution in [0.4, 0.5) is 0 Å². The fraction of sp³-hybridized carbons (Fsp3) is 0.111. The average molecular weight is 450 g/mol. The van der Waals surface area contributed by atoms with Crippen molar-refractivity contribution in [1.82, 2.24) is 20.3 Å². The molecule has 3 aromatic carbocycles. The lowest BCUT2D eigenvalue weighted by Crippen LogP contribution is -2.13. The second-order valence-electron chi connectivity index (χ2n) is 8.00. The SMILES string of the molecule is c1ccc(-c2cc(CNCc3cn(-c4ccccc4)nc3-c3ccc4c(c3)OCO4)no2)cc1. The number of para-hydroxylation sites is 1. The van der Waals surface area contributed by atoms with Crippen LogP contribution >= 0.6 is 0 Å². The summed E-state index contributed by atoms with van der Waals surface area (Å²) in [5.41, 5.74) is 5.78. The maximum Gasteiger partial charge on any atom is 0.231 e. The number of hydrogen-bond donors (Lipinski definition) is 1. The second-order valence-corrected chi connectivity index (χ2v) is 8.00. The summed E-state index contributed by atoms with van der Waals surface area (Å²) >= 11 is 0. The molecule has 0 aliphatic carbocycles. The van der Waals surface area contributed by atoms with Gasteiger partial charge in [-0.25, -0.2) is 4.68 Å². The third-order valence-electron chi connectivity index (χ3n) is 5.70. The van der Waals surface area contributed by atoms with Crippen molar-refractivity contribution in [3.8, 4) is 39.8 Å². The minimum Gasteiger partial charge on any atom is -0.454 e. The first-order valence-electron chi connectivity index (χ1n) is 11.1. The van der Waals surface area contributed by atoms with Crippen LogP contribution in [-0.2, 0) is 13.1 Å². The lowest BCUT2D eigenvalue weighted by Gasteiger charge is -2.05.